The number of hydrogen-bond donors (Lipinski definition) is 1. The number of hydrogen-bond acceptors (Lipinski definition) is 7. The van der Waals surface area contributed by atoms with E-state index in [0.717, 1.165) is 29.9 Å². The fourth-order valence-electron chi connectivity index (χ4n) is 4.42. The fraction of sp³-hybridized carbons (Fsp3) is 0.423. The van der Waals surface area contributed by atoms with E-state index < -0.39 is 11.7 Å². The van der Waals surface area contributed by atoms with Gasteiger partial charge in [-0.2, -0.15) is 28.4 Å². The lowest BCUT2D eigenvalue weighted by Crippen LogP contribution is -2.31. The third-order valence-corrected chi connectivity index (χ3v) is 8.12. The lowest BCUT2D eigenvalue weighted by Gasteiger charge is -2.32. The molecule has 5 rings (SSSR count). The van der Waals surface area contributed by atoms with Crippen molar-refractivity contribution in [2.45, 2.75) is 64.7 Å². The maximum atomic E-state index is 13.1. The maximum absolute atomic E-state index is 13.1. The van der Waals surface area contributed by atoms with E-state index in [-0.39, 0.29) is 24.3 Å². The number of nitrogens with one attached hydrogen (secondary N) is 1. The average Bonchev–Trinajstić information content (AvgIpc) is 3.43. The molecule has 37 heavy (non-hydrogen) atoms. The van der Waals surface area contributed by atoms with Gasteiger partial charge in [0.25, 0.3) is 0 Å². The van der Waals surface area contributed by atoms with Gasteiger partial charge in [-0.25, -0.2) is 9.97 Å². The summed E-state index contributed by atoms with van der Waals surface area (Å²) in [5.74, 6) is 1.82. The van der Waals surface area contributed by atoms with Gasteiger partial charge in [0.2, 0.25) is 5.82 Å². The van der Waals surface area contributed by atoms with Crippen molar-refractivity contribution in [3.8, 4) is 16.9 Å². The highest BCUT2D eigenvalue weighted by Gasteiger charge is 2.30. The van der Waals surface area contributed by atoms with E-state index in [1.807, 2.05) is 16.8 Å². The second-order valence-corrected chi connectivity index (χ2v) is 10.8. The first-order chi connectivity index (χ1) is 17.6. The Hall–Kier alpha value is -3.52. The number of rotatable bonds is 7. The molecule has 192 valence electrons. The predicted molar refractivity (Wildman–Crippen MR) is 136 cm³/mol. The highest BCUT2D eigenvalue weighted by atomic mass is 32.1. The second-order valence-electron chi connectivity index (χ2n) is 9.74. The summed E-state index contributed by atoms with van der Waals surface area (Å²) in [7, 11) is 0. The SMILES string of the molecule is CC(C)c1cnc(-c2nc3nc(C#N)nc(NC(C)C4CCC4)c3n2Cc2ccc(C(F)(F)F)cc2)s1. The molecule has 1 aromatic carbocycles. The molecule has 0 aliphatic heterocycles. The van der Waals surface area contributed by atoms with Crippen LogP contribution in [-0.2, 0) is 12.7 Å². The number of imidazole rings is 1. The van der Waals surface area contributed by atoms with Gasteiger partial charge in [-0.05, 0) is 49.3 Å². The predicted octanol–water partition coefficient (Wildman–Crippen LogP) is 6.61. The molecule has 7 nitrogen and oxygen atoms in total. The Morgan fingerprint density at radius 3 is 2.43 bits per heavy atom. The summed E-state index contributed by atoms with van der Waals surface area (Å²) >= 11 is 1.51. The van der Waals surface area contributed by atoms with Crippen molar-refractivity contribution < 1.29 is 13.2 Å². The monoisotopic (exact) mass is 525 g/mol. The van der Waals surface area contributed by atoms with Crippen molar-refractivity contribution >= 4 is 28.3 Å². The Kier molecular flexibility index (Phi) is 6.62. The molecular formula is C26H26F3N7S. The average molecular weight is 526 g/mol. The third-order valence-electron chi connectivity index (χ3n) is 6.83. The normalized spacial score (nSPS) is 15.1. The summed E-state index contributed by atoms with van der Waals surface area (Å²) in [4.78, 5) is 19.3. The largest absolute Gasteiger partial charge is 0.416 e. The molecule has 11 heteroatoms. The van der Waals surface area contributed by atoms with Crippen LogP contribution in [0.15, 0.2) is 30.5 Å². The Labute approximate surface area is 216 Å². The number of nitrogens with zero attached hydrogens (tertiary/aromatic N) is 6. The minimum Gasteiger partial charge on any atom is -0.365 e. The van der Waals surface area contributed by atoms with Crippen LogP contribution in [0.2, 0.25) is 0 Å². The summed E-state index contributed by atoms with van der Waals surface area (Å²) < 4.78 is 41.3. The van der Waals surface area contributed by atoms with E-state index in [1.165, 1.54) is 29.9 Å². The molecule has 1 saturated carbocycles. The zero-order chi connectivity index (χ0) is 26.3. The van der Waals surface area contributed by atoms with Crippen molar-refractivity contribution in [1.82, 2.24) is 24.5 Å². The van der Waals surface area contributed by atoms with E-state index in [0.29, 0.717) is 39.3 Å². The smallest absolute Gasteiger partial charge is 0.365 e. The van der Waals surface area contributed by atoms with Crippen molar-refractivity contribution in [1.29, 1.82) is 5.26 Å². The quantitative estimate of drug-likeness (QED) is 0.292. The van der Waals surface area contributed by atoms with Crippen LogP contribution < -0.4 is 5.32 Å². The molecule has 0 bridgehead atoms. The number of thiazole rings is 1. The molecular weight excluding hydrogens is 499 g/mol. The third kappa shape index (κ3) is 5.03. The Morgan fingerprint density at radius 1 is 1.14 bits per heavy atom. The number of fused-ring (bicyclic) bond motifs is 1. The van der Waals surface area contributed by atoms with Gasteiger partial charge in [-0.1, -0.05) is 32.4 Å². The van der Waals surface area contributed by atoms with Crippen LogP contribution in [0.4, 0.5) is 19.0 Å². The standard InChI is InChI=1S/C26H26F3N7S/c1-14(2)19-12-31-25(37-19)24-35-23-21(36(24)13-16-7-9-18(10-8-16)26(27,28)29)22(33-20(11-30)34-23)32-15(3)17-5-4-6-17/h7-10,12,14-15,17H,4-6,13H2,1-3H3,(H,32,33,34). The number of nitriles is 1. The van der Waals surface area contributed by atoms with Gasteiger partial charge in [0.15, 0.2) is 22.3 Å². The van der Waals surface area contributed by atoms with E-state index in [1.54, 1.807) is 0 Å². The molecule has 0 spiro atoms. The van der Waals surface area contributed by atoms with Gasteiger partial charge in [0.1, 0.15) is 11.6 Å². The first-order valence-corrected chi connectivity index (χ1v) is 13.0. The summed E-state index contributed by atoms with van der Waals surface area (Å²) in [5, 5.41) is 13.7. The number of benzene rings is 1. The molecule has 0 amide bonds. The molecule has 0 saturated heterocycles. The summed E-state index contributed by atoms with van der Waals surface area (Å²) in [6.45, 7) is 6.49. The zero-order valence-electron chi connectivity index (χ0n) is 20.7. The number of anilines is 1. The molecule has 3 heterocycles. The van der Waals surface area contributed by atoms with E-state index in [9.17, 15) is 18.4 Å². The van der Waals surface area contributed by atoms with Crippen molar-refractivity contribution in [2.24, 2.45) is 5.92 Å². The lowest BCUT2D eigenvalue weighted by molar-refractivity contribution is -0.137. The number of aromatic nitrogens is 5. The van der Waals surface area contributed by atoms with Gasteiger partial charge in [0.05, 0.1) is 5.56 Å². The molecule has 1 N–H and O–H groups in total. The second kappa shape index (κ2) is 9.74. The van der Waals surface area contributed by atoms with Crippen LogP contribution in [-0.4, -0.2) is 30.5 Å². The van der Waals surface area contributed by atoms with Crippen molar-refractivity contribution in [3.05, 3.63) is 52.3 Å². The van der Waals surface area contributed by atoms with Gasteiger partial charge < -0.3 is 9.88 Å². The molecule has 1 atom stereocenters. The van der Waals surface area contributed by atoms with Crippen LogP contribution in [0.1, 0.15) is 67.8 Å². The summed E-state index contributed by atoms with van der Waals surface area (Å²) in [5.41, 5.74) is 0.906. The molecule has 1 fully saturated rings. The highest BCUT2D eigenvalue weighted by Crippen LogP contribution is 2.36. The number of halogens is 3. The molecule has 1 aliphatic rings. The topological polar surface area (TPSA) is 92.3 Å². The zero-order valence-corrected chi connectivity index (χ0v) is 21.5. The van der Waals surface area contributed by atoms with Gasteiger partial charge in [-0.15, -0.1) is 11.3 Å². The van der Waals surface area contributed by atoms with Gasteiger partial charge in [-0.3, -0.25) is 0 Å². The lowest BCUT2D eigenvalue weighted by atomic mass is 9.80. The van der Waals surface area contributed by atoms with Crippen molar-refractivity contribution in [2.75, 3.05) is 5.32 Å². The molecule has 0 radical (unpaired) electrons. The van der Waals surface area contributed by atoms with Crippen LogP contribution in [0, 0.1) is 17.2 Å². The maximum Gasteiger partial charge on any atom is 0.416 e. The van der Waals surface area contributed by atoms with E-state index in [2.05, 4.69) is 41.0 Å². The first-order valence-electron chi connectivity index (χ1n) is 12.2. The Morgan fingerprint density at radius 2 is 1.86 bits per heavy atom. The molecule has 1 unspecified atom stereocenters. The Balaban J connectivity index is 1.65. The van der Waals surface area contributed by atoms with Crippen molar-refractivity contribution in [3.63, 3.8) is 0 Å². The van der Waals surface area contributed by atoms with Gasteiger partial charge in [0, 0.05) is 23.7 Å². The fourth-order valence-corrected chi connectivity index (χ4v) is 5.33. The van der Waals surface area contributed by atoms with Crippen LogP contribution in [0.5, 0.6) is 0 Å². The minimum absolute atomic E-state index is 0.00328. The Bertz CT molecular complexity index is 1460. The minimum atomic E-state index is -4.41. The summed E-state index contributed by atoms with van der Waals surface area (Å²) in [6.07, 6.45) is 0.853. The number of alkyl halides is 3. The van der Waals surface area contributed by atoms with E-state index >= 15 is 0 Å². The van der Waals surface area contributed by atoms with Crippen LogP contribution in [0.3, 0.4) is 0 Å². The van der Waals surface area contributed by atoms with Crippen LogP contribution >= 0.6 is 11.3 Å². The van der Waals surface area contributed by atoms with E-state index in [4.69, 9.17) is 4.98 Å². The molecule has 3 aromatic heterocycles. The first kappa shape index (κ1) is 25.1. The summed E-state index contributed by atoms with van der Waals surface area (Å²) in [6, 6.07) is 7.24. The highest BCUT2D eigenvalue weighted by molar-refractivity contribution is 7.15. The molecule has 1 aliphatic carbocycles. The van der Waals surface area contributed by atoms with Crippen LogP contribution in [0.25, 0.3) is 22.0 Å². The molecule has 4 aromatic rings. The van der Waals surface area contributed by atoms with Gasteiger partial charge >= 0.3 is 6.18 Å².